The molecule has 11 heteroatoms. The number of ether oxygens (including phenoxy) is 1. The predicted octanol–water partition coefficient (Wildman–Crippen LogP) is 5.15. The minimum absolute atomic E-state index is 0.0329. The van der Waals surface area contributed by atoms with Gasteiger partial charge in [0.25, 0.3) is 0 Å². The number of carbonyl (C=O) groups is 1. The number of benzene rings is 2. The SMILES string of the molecule is Cn1cncc1Cn1c(CN2CCC(c3cccc(OCc4ccc(F)cc4F)n3)CC2)nc2ccc(C(=O)O)cc21. The van der Waals surface area contributed by atoms with Crippen molar-refractivity contribution in [3.05, 3.63) is 107 Å². The summed E-state index contributed by atoms with van der Waals surface area (Å²) in [5, 5.41) is 9.55. The zero-order valence-electron chi connectivity index (χ0n) is 23.1. The molecule has 5 aromatic rings. The Morgan fingerprint density at radius 1 is 1.05 bits per heavy atom. The molecule has 4 heterocycles. The molecule has 0 spiro atoms. The third-order valence-corrected chi connectivity index (χ3v) is 7.82. The first-order valence-electron chi connectivity index (χ1n) is 13.8. The van der Waals surface area contributed by atoms with E-state index in [-0.39, 0.29) is 23.7 Å². The van der Waals surface area contributed by atoms with E-state index in [1.165, 1.54) is 12.1 Å². The van der Waals surface area contributed by atoms with Gasteiger partial charge < -0.3 is 19.0 Å². The summed E-state index contributed by atoms with van der Waals surface area (Å²) in [6, 6.07) is 14.1. The molecule has 0 atom stereocenters. The van der Waals surface area contributed by atoms with Gasteiger partial charge in [0, 0.05) is 42.6 Å². The van der Waals surface area contributed by atoms with Crippen LogP contribution in [0.2, 0.25) is 0 Å². The molecule has 1 aliphatic rings. The lowest BCUT2D eigenvalue weighted by Gasteiger charge is -2.31. The number of hydrogen-bond acceptors (Lipinski definition) is 6. The third-order valence-electron chi connectivity index (χ3n) is 7.82. The standard InChI is InChI=1S/C31H30F2N6O3/c1-37-19-34-15-24(37)16-39-28-13-21(31(40)41)6-8-27(28)35-29(39)17-38-11-9-20(10-12-38)26-3-2-4-30(36-26)42-18-22-5-7-23(32)14-25(22)33/h2-8,13-15,19-20H,9-12,16-18H2,1H3,(H,40,41). The second kappa shape index (κ2) is 11.7. The van der Waals surface area contributed by atoms with Crippen LogP contribution in [0.15, 0.2) is 67.1 Å². The van der Waals surface area contributed by atoms with Gasteiger partial charge in [-0.2, -0.15) is 0 Å². The molecule has 1 N–H and O–H groups in total. The van der Waals surface area contributed by atoms with Crippen molar-refractivity contribution in [2.45, 2.75) is 38.5 Å². The predicted molar refractivity (Wildman–Crippen MR) is 151 cm³/mol. The Labute approximate surface area is 241 Å². The first-order valence-corrected chi connectivity index (χ1v) is 13.8. The number of aromatic nitrogens is 5. The molecular weight excluding hydrogens is 542 g/mol. The van der Waals surface area contributed by atoms with E-state index in [4.69, 9.17) is 9.72 Å². The fraction of sp³-hybridized carbons (Fsp3) is 0.290. The lowest BCUT2D eigenvalue weighted by Crippen LogP contribution is -2.33. The van der Waals surface area contributed by atoms with Gasteiger partial charge in [0.1, 0.15) is 24.1 Å². The first-order chi connectivity index (χ1) is 20.3. The highest BCUT2D eigenvalue weighted by molar-refractivity contribution is 5.92. The van der Waals surface area contributed by atoms with Crippen LogP contribution in [-0.4, -0.2) is 53.2 Å². The summed E-state index contributed by atoms with van der Waals surface area (Å²) in [6.07, 6.45) is 5.35. The Morgan fingerprint density at radius 3 is 2.62 bits per heavy atom. The van der Waals surface area contributed by atoms with Gasteiger partial charge in [-0.15, -0.1) is 0 Å². The van der Waals surface area contributed by atoms with Gasteiger partial charge in [-0.25, -0.2) is 28.5 Å². The fourth-order valence-corrected chi connectivity index (χ4v) is 5.42. The highest BCUT2D eigenvalue weighted by Gasteiger charge is 2.24. The molecule has 42 heavy (non-hydrogen) atoms. The van der Waals surface area contributed by atoms with Crippen LogP contribution in [0, 0.1) is 11.6 Å². The third kappa shape index (κ3) is 5.87. The number of imidazole rings is 2. The Kier molecular flexibility index (Phi) is 7.66. The maximum atomic E-state index is 14.0. The number of halogens is 2. The van der Waals surface area contributed by atoms with Crippen LogP contribution in [0.4, 0.5) is 8.78 Å². The molecule has 1 saturated heterocycles. The molecule has 0 aliphatic carbocycles. The quantitative estimate of drug-likeness (QED) is 0.261. The Hall–Kier alpha value is -4.64. The topological polar surface area (TPSA) is 98.3 Å². The van der Waals surface area contributed by atoms with E-state index in [0.29, 0.717) is 19.0 Å². The monoisotopic (exact) mass is 572 g/mol. The maximum absolute atomic E-state index is 14.0. The van der Waals surface area contributed by atoms with Gasteiger partial charge in [-0.05, 0) is 62.3 Å². The summed E-state index contributed by atoms with van der Waals surface area (Å²) in [5.41, 5.74) is 3.95. The van der Waals surface area contributed by atoms with Crippen molar-refractivity contribution in [3.8, 4) is 5.88 Å². The van der Waals surface area contributed by atoms with E-state index in [9.17, 15) is 18.7 Å². The van der Waals surface area contributed by atoms with Gasteiger partial charge in [-0.3, -0.25) is 4.90 Å². The van der Waals surface area contributed by atoms with Crippen molar-refractivity contribution in [2.75, 3.05) is 13.1 Å². The zero-order chi connectivity index (χ0) is 29.2. The normalized spacial score (nSPS) is 14.5. The Balaban J connectivity index is 1.14. The highest BCUT2D eigenvalue weighted by atomic mass is 19.1. The maximum Gasteiger partial charge on any atom is 0.335 e. The van der Waals surface area contributed by atoms with Crippen LogP contribution in [0.3, 0.4) is 0 Å². The summed E-state index contributed by atoms with van der Waals surface area (Å²) in [5.74, 6) is -0.717. The Morgan fingerprint density at radius 2 is 1.88 bits per heavy atom. The number of likely N-dealkylation sites (tertiary alicyclic amines) is 1. The number of rotatable bonds is 9. The van der Waals surface area contributed by atoms with Gasteiger partial charge in [0.15, 0.2) is 0 Å². The minimum Gasteiger partial charge on any atom is -0.478 e. The molecule has 0 saturated carbocycles. The van der Waals surface area contributed by atoms with Crippen molar-refractivity contribution < 1.29 is 23.4 Å². The number of carboxylic acid groups (broad SMARTS) is 1. The molecule has 0 unspecified atom stereocenters. The van der Waals surface area contributed by atoms with Crippen molar-refractivity contribution in [1.29, 1.82) is 0 Å². The molecule has 0 radical (unpaired) electrons. The molecular formula is C31H30F2N6O3. The second-order valence-corrected chi connectivity index (χ2v) is 10.6. The number of aryl methyl sites for hydroxylation is 1. The summed E-state index contributed by atoms with van der Waals surface area (Å²) in [7, 11) is 1.93. The van der Waals surface area contributed by atoms with Crippen molar-refractivity contribution in [2.24, 2.45) is 7.05 Å². The summed E-state index contributed by atoms with van der Waals surface area (Å²) in [4.78, 5) is 27.8. The van der Waals surface area contributed by atoms with Crippen molar-refractivity contribution in [3.63, 3.8) is 0 Å². The van der Waals surface area contributed by atoms with Gasteiger partial charge in [0.05, 0.1) is 41.7 Å². The lowest BCUT2D eigenvalue weighted by atomic mass is 9.93. The molecule has 216 valence electrons. The van der Waals surface area contributed by atoms with Crippen molar-refractivity contribution in [1.82, 2.24) is 29.0 Å². The smallest absolute Gasteiger partial charge is 0.335 e. The van der Waals surface area contributed by atoms with E-state index in [1.54, 1.807) is 30.6 Å². The van der Waals surface area contributed by atoms with Crippen LogP contribution in [0.25, 0.3) is 11.0 Å². The molecule has 6 rings (SSSR count). The lowest BCUT2D eigenvalue weighted by molar-refractivity contribution is 0.0697. The highest BCUT2D eigenvalue weighted by Crippen LogP contribution is 2.29. The van der Waals surface area contributed by atoms with Gasteiger partial charge >= 0.3 is 5.97 Å². The number of pyridine rings is 1. The zero-order valence-corrected chi connectivity index (χ0v) is 23.1. The fourth-order valence-electron chi connectivity index (χ4n) is 5.42. The van der Waals surface area contributed by atoms with Crippen LogP contribution < -0.4 is 4.74 Å². The molecule has 0 amide bonds. The van der Waals surface area contributed by atoms with E-state index < -0.39 is 17.6 Å². The van der Waals surface area contributed by atoms with E-state index >= 15 is 0 Å². The molecule has 1 fully saturated rings. The largest absolute Gasteiger partial charge is 0.478 e. The van der Waals surface area contributed by atoms with Gasteiger partial charge in [0.2, 0.25) is 5.88 Å². The van der Waals surface area contributed by atoms with Gasteiger partial charge in [-0.1, -0.05) is 6.07 Å². The molecule has 1 aliphatic heterocycles. The average Bonchev–Trinajstić information content (AvgIpc) is 3.55. The van der Waals surface area contributed by atoms with Crippen LogP contribution >= 0.6 is 0 Å². The summed E-state index contributed by atoms with van der Waals surface area (Å²) < 4.78 is 36.9. The number of carboxylic acids is 1. The second-order valence-electron chi connectivity index (χ2n) is 10.6. The Bertz CT molecular complexity index is 1740. The van der Waals surface area contributed by atoms with E-state index in [2.05, 4.69) is 19.4 Å². The van der Waals surface area contributed by atoms with E-state index in [0.717, 1.165) is 60.2 Å². The molecule has 9 nitrogen and oxygen atoms in total. The molecule has 3 aromatic heterocycles. The van der Waals surface area contributed by atoms with Crippen LogP contribution in [-0.2, 0) is 26.7 Å². The average molecular weight is 573 g/mol. The number of fused-ring (bicyclic) bond motifs is 1. The summed E-state index contributed by atoms with van der Waals surface area (Å²) in [6.45, 7) is 2.80. The van der Waals surface area contributed by atoms with Crippen LogP contribution in [0.5, 0.6) is 5.88 Å². The summed E-state index contributed by atoms with van der Waals surface area (Å²) >= 11 is 0. The van der Waals surface area contributed by atoms with E-state index in [1.807, 2.05) is 29.9 Å². The van der Waals surface area contributed by atoms with Crippen molar-refractivity contribution >= 4 is 17.0 Å². The molecule has 2 aromatic carbocycles. The number of aromatic carboxylic acids is 1. The number of hydrogen-bond donors (Lipinski definition) is 1. The first kappa shape index (κ1) is 27.5. The van der Waals surface area contributed by atoms with Crippen LogP contribution in [0.1, 0.15) is 51.9 Å². The number of nitrogens with zero attached hydrogens (tertiary/aromatic N) is 6. The minimum atomic E-state index is -0.973. The number of piperidine rings is 1. The molecule has 0 bridgehead atoms.